The van der Waals surface area contributed by atoms with E-state index in [-0.39, 0.29) is 17.5 Å². The van der Waals surface area contributed by atoms with E-state index in [1.807, 2.05) is 30.2 Å². The van der Waals surface area contributed by atoms with E-state index in [1.165, 1.54) is 5.56 Å². The maximum atomic E-state index is 12.9. The number of aromatic nitrogens is 2. The van der Waals surface area contributed by atoms with Crippen LogP contribution in [0, 0.1) is 11.3 Å². The summed E-state index contributed by atoms with van der Waals surface area (Å²) in [5, 5.41) is 12.6. The number of nitrogens with one attached hydrogen (secondary N) is 1. The molecule has 31 heavy (non-hydrogen) atoms. The summed E-state index contributed by atoms with van der Waals surface area (Å²) in [5.74, 6) is 0.985. The average Bonchev–Trinajstić information content (AvgIpc) is 3.60. The molecule has 1 aliphatic rings. The fourth-order valence-electron chi connectivity index (χ4n) is 4.05. The van der Waals surface area contributed by atoms with Crippen LogP contribution in [0.25, 0.3) is 0 Å². The van der Waals surface area contributed by atoms with Crippen molar-refractivity contribution in [2.24, 2.45) is 0 Å². The number of carbonyl (C=O) groups excluding carboxylic acids is 1. The molecule has 2 heterocycles. The molecule has 2 aromatic rings. The zero-order chi connectivity index (χ0) is 22.3. The van der Waals surface area contributed by atoms with Crippen LogP contribution in [0.2, 0.25) is 0 Å². The summed E-state index contributed by atoms with van der Waals surface area (Å²) in [5.41, 5.74) is 1.75. The number of amides is 1. The van der Waals surface area contributed by atoms with E-state index in [9.17, 15) is 4.79 Å². The zero-order valence-corrected chi connectivity index (χ0v) is 18.7. The molecule has 1 amide bonds. The quantitative estimate of drug-likeness (QED) is 0.601. The topological polar surface area (TPSA) is 85.1 Å². The Morgan fingerprint density at radius 2 is 2.06 bits per heavy atom. The van der Waals surface area contributed by atoms with Crippen LogP contribution < -0.4 is 10.2 Å². The Hall–Kier alpha value is -2.98. The molecule has 1 unspecified atom stereocenters. The summed E-state index contributed by atoms with van der Waals surface area (Å²) in [6.07, 6.45) is 7.95. The van der Waals surface area contributed by atoms with Crippen molar-refractivity contribution in [1.29, 1.82) is 5.26 Å². The number of anilines is 1. The minimum Gasteiger partial charge on any atom is -0.352 e. The number of hydrogen-bond acceptors (Lipinski definition) is 6. The predicted molar refractivity (Wildman–Crippen MR) is 121 cm³/mol. The third-order valence-electron chi connectivity index (χ3n) is 6.03. The molecule has 3 rings (SSSR count). The minimum atomic E-state index is -0.000849. The van der Waals surface area contributed by atoms with Crippen LogP contribution in [0.15, 0.2) is 42.9 Å². The number of carbonyl (C=O) groups is 1. The highest BCUT2D eigenvalue weighted by atomic mass is 16.2. The van der Waals surface area contributed by atoms with Crippen molar-refractivity contribution in [2.75, 3.05) is 31.1 Å². The van der Waals surface area contributed by atoms with Gasteiger partial charge in [-0.1, -0.05) is 6.07 Å². The van der Waals surface area contributed by atoms with Crippen molar-refractivity contribution in [3.63, 3.8) is 0 Å². The molecule has 1 atom stereocenters. The van der Waals surface area contributed by atoms with Crippen LogP contribution in [-0.4, -0.2) is 53.0 Å². The van der Waals surface area contributed by atoms with E-state index in [1.54, 1.807) is 18.5 Å². The van der Waals surface area contributed by atoms with Crippen LogP contribution in [0.4, 0.5) is 5.82 Å². The van der Waals surface area contributed by atoms with Crippen molar-refractivity contribution in [3.8, 4) is 6.07 Å². The SMILES string of the molecule is CCN(CC(C)N(CC)c1ccc(C#N)cn1)C(=O)CCNC1(c2cccnc2)CC1. The van der Waals surface area contributed by atoms with Gasteiger partial charge in [-0.15, -0.1) is 0 Å². The maximum Gasteiger partial charge on any atom is 0.223 e. The van der Waals surface area contributed by atoms with E-state index in [0.29, 0.717) is 31.6 Å². The lowest BCUT2D eigenvalue weighted by Crippen LogP contribution is -2.45. The molecule has 1 fully saturated rings. The van der Waals surface area contributed by atoms with Gasteiger partial charge in [0.25, 0.3) is 0 Å². The van der Waals surface area contributed by atoms with Gasteiger partial charge < -0.3 is 15.1 Å². The Bertz CT molecular complexity index is 889. The molecular weight excluding hydrogens is 388 g/mol. The Morgan fingerprint density at radius 3 is 2.61 bits per heavy atom. The van der Waals surface area contributed by atoms with Gasteiger partial charge in [-0.2, -0.15) is 5.26 Å². The number of pyridine rings is 2. The second-order valence-electron chi connectivity index (χ2n) is 8.08. The highest BCUT2D eigenvalue weighted by Gasteiger charge is 2.43. The van der Waals surface area contributed by atoms with Gasteiger partial charge in [0.15, 0.2) is 0 Å². The summed E-state index contributed by atoms with van der Waals surface area (Å²) in [6.45, 7) is 8.96. The van der Waals surface area contributed by atoms with Crippen molar-refractivity contribution >= 4 is 11.7 Å². The van der Waals surface area contributed by atoms with Crippen LogP contribution >= 0.6 is 0 Å². The largest absolute Gasteiger partial charge is 0.352 e. The van der Waals surface area contributed by atoms with Gasteiger partial charge >= 0.3 is 0 Å². The van der Waals surface area contributed by atoms with Gasteiger partial charge in [-0.05, 0) is 57.4 Å². The first-order valence-electron chi connectivity index (χ1n) is 11.1. The Morgan fingerprint density at radius 1 is 1.26 bits per heavy atom. The first-order chi connectivity index (χ1) is 15.0. The molecule has 0 radical (unpaired) electrons. The van der Waals surface area contributed by atoms with Gasteiger partial charge in [-0.25, -0.2) is 4.98 Å². The second-order valence-corrected chi connectivity index (χ2v) is 8.08. The maximum absolute atomic E-state index is 12.9. The van der Waals surface area contributed by atoms with E-state index in [0.717, 1.165) is 25.2 Å². The summed E-state index contributed by atoms with van der Waals surface area (Å²) in [4.78, 5) is 25.6. The molecule has 1 N–H and O–H groups in total. The third kappa shape index (κ3) is 5.59. The van der Waals surface area contributed by atoms with Crippen LogP contribution in [-0.2, 0) is 10.3 Å². The molecular formula is C24H32N6O. The van der Waals surface area contributed by atoms with Gasteiger partial charge in [0.2, 0.25) is 5.91 Å². The molecule has 7 heteroatoms. The lowest BCUT2D eigenvalue weighted by Gasteiger charge is -2.33. The van der Waals surface area contributed by atoms with Crippen LogP contribution in [0.3, 0.4) is 0 Å². The number of nitrogens with zero attached hydrogens (tertiary/aromatic N) is 5. The van der Waals surface area contributed by atoms with Gasteiger partial charge in [0, 0.05) is 62.8 Å². The predicted octanol–water partition coefficient (Wildman–Crippen LogP) is 3.08. The zero-order valence-electron chi connectivity index (χ0n) is 18.7. The fourth-order valence-corrected chi connectivity index (χ4v) is 4.05. The van der Waals surface area contributed by atoms with Gasteiger partial charge in [0.05, 0.1) is 5.56 Å². The van der Waals surface area contributed by atoms with Crippen molar-refractivity contribution in [2.45, 2.75) is 51.6 Å². The summed E-state index contributed by atoms with van der Waals surface area (Å²) >= 11 is 0. The minimum absolute atomic E-state index is 0.000849. The van der Waals surface area contributed by atoms with Crippen molar-refractivity contribution < 1.29 is 4.79 Å². The molecule has 1 saturated carbocycles. The highest BCUT2D eigenvalue weighted by Crippen LogP contribution is 2.45. The fraction of sp³-hybridized carbons (Fsp3) is 0.500. The monoisotopic (exact) mass is 420 g/mol. The van der Waals surface area contributed by atoms with E-state index in [4.69, 9.17) is 5.26 Å². The molecule has 0 aromatic carbocycles. The number of likely N-dealkylation sites (N-methyl/N-ethyl adjacent to an activating group) is 2. The van der Waals surface area contributed by atoms with Crippen LogP contribution in [0.1, 0.15) is 51.2 Å². The first kappa shape index (κ1) is 22.7. The Labute approximate surface area is 185 Å². The van der Waals surface area contributed by atoms with Crippen molar-refractivity contribution in [1.82, 2.24) is 20.2 Å². The van der Waals surface area contributed by atoms with E-state index < -0.39 is 0 Å². The lowest BCUT2D eigenvalue weighted by atomic mass is 10.1. The van der Waals surface area contributed by atoms with E-state index >= 15 is 0 Å². The summed E-state index contributed by atoms with van der Waals surface area (Å²) < 4.78 is 0. The molecule has 0 bridgehead atoms. The molecule has 0 spiro atoms. The van der Waals surface area contributed by atoms with E-state index in [2.05, 4.69) is 46.2 Å². The number of hydrogen-bond donors (Lipinski definition) is 1. The molecule has 0 saturated heterocycles. The Kier molecular flexibility index (Phi) is 7.59. The number of rotatable bonds is 11. The summed E-state index contributed by atoms with van der Waals surface area (Å²) in [6, 6.07) is 9.93. The molecule has 0 aliphatic heterocycles. The number of nitriles is 1. The standard InChI is InChI=1S/C24H32N6O/c1-4-29(18-19(3)30(5-2)22-9-8-20(15-25)16-27-22)23(31)10-14-28-24(11-12-24)21-7-6-13-26-17-21/h6-9,13,16-17,19,28H,4-5,10-12,14,18H2,1-3H3. The molecule has 7 nitrogen and oxygen atoms in total. The summed E-state index contributed by atoms with van der Waals surface area (Å²) in [7, 11) is 0. The lowest BCUT2D eigenvalue weighted by molar-refractivity contribution is -0.131. The molecule has 2 aromatic heterocycles. The first-order valence-corrected chi connectivity index (χ1v) is 11.1. The molecule has 1 aliphatic carbocycles. The molecule has 164 valence electrons. The normalized spacial score (nSPS) is 15.0. The van der Waals surface area contributed by atoms with Crippen LogP contribution in [0.5, 0.6) is 0 Å². The van der Waals surface area contributed by atoms with Gasteiger partial charge in [-0.3, -0.25) is 9.78 Å². The van der Waals surface area contributed by atoms with Crippen molar-refractivity contribution in [3.05, 3.63) is 54.0 Å². The average molecular weight is 421 g/mol. The smallest absolute Gasteiger partial charge is 0.223 e. The third-order valence-corrected chi connectivity index (χ3v) is 6.03. The van der Waals surface area contributed by atoms with Gasteiger partial charge in [0.1, 0.15) is 11.9 Å². The Balaban J connectivity index is 1.53. The highest BCUT2D eigenvalue weighted by molar-refractivity contribution is 5.76. The second kappa shape index (κ2) is 10.4.